The molecule has 0 aromatic heterocycles. The third-order valence-corrected chi connectivity index (χ3v) is 3.82. The second-order valence-electron chi connectivity index (χ2n) is 5.30. The average molecular weight is 260 g/mol. The molecule has 1 unspecified atom stereocenters. The lowest BCUT2D eigenvalue weighted by molar-refractivity contribution is -0.116. The van der Waals surface area contributed by atoms with E-state index in [4.69, 9.17) is 4.74 Å². The number of benzene rings is 1. The Morgan fingerprint density at radius 1 is 1.21 bits per heavy atom. The van der Waals surface area contributed by atoms with E-state index in [1.54, 1.807) is 0 Å². The van der Waals surface area contributed by atoms with Crippen LogP contribution in [0.25, 0.3) is 0 Å². The van der Waals surface area contributed by atoms with Crippen LogP contribution in [0.1, 0.15) is 31.2 Å². The lowest BCUT2D eigenvalue weighted by atomic mass is 10.0. The zero-order valence-corrected chi connectivity index (χ0v) is 11.1. The summed E-state index contributed by atoms with van der Waals surface area (Å²) in [5, 5.41) is 6.50. The van der Waals surface area contributed by atoms with Gasteiger partial charge in [0, 0.05) is 37.1 Å². The SMILES string of the molecule is O=C1CCc2cc(NC3CCCOCC3)ccc2N1. The number of aryl methyl sites for hydroxylation is 1. The van der Waals surface area contributed by atoms with Crippen LogP contribution in [0.15, 0.2) is 18.2 Å². The number of hydrogen-bond acceptors (Lipinski definition) is 3. The molecule has 4 nitrogen and oxygen atoms in total. The van der Waals surface area contributed by atoms with Crippen molar-refractivity contribution in [3.8, 4) is 0 Å². The number of anilines is 2. The highest BCUT2D eigenvalue weighted by atomic mass is 16.5. The van der Waals surface area contributed by atoms with Crippen LogP contribution < -0.4 is 10.6 Å². The van der Waals surface area contributed by atoms with Gasteiger partial charge in [-0.05, 0) is 49.4 Å². The molecular formula is C15H20N2O2. The molecule has 2 heterocycles. The molecule has 0 radical (unpaired) electrons. The second-order valence-corrected chi connectivity index (χ2v) is 5.30. The molecule has 19 heavy (non-hydrogen) atoms. The zero-order valence-electron chi connectivity index (χ0n) is 11.1. The predicted molar refractivity (Wildman–Crippen MR) is 75.5 cm³/mol. The maximum absolute atomic E-state index is 11.3. The second kappa shape index (κ2) is 5.61. The molecule has 4 heteroatoms. The van der Waals surface area contributed by atoms with E-state index in [1.807, 2.05) is 6.07 Å². The van der Waals surface area contributed by atoms with Crippen LogP contribution in [0.4, 0.5) is 11.4 Å². The number of carbonyl (C=O) groups excluding carboxylic acids is 1. The van der Waals surface area contributed by atoms with Crippen molar-refractivity contribution in [2.45, 2.75) is 38.1 Å². The molecule has 0 saturated carbocycles. The van der Waals surface area contributed by atoms with Gasteiger partial charge in [-0.2, -0.15) is 0 Å². The van der Waals surface area contributed by atoms with Gasteiger partial charge in [0.25, 0.3) is 0 Å². The van der Waals surface area contributed by atoms with Crippen LogP contribution in [-0.4, -0.2) is 25.2 Å². The first kappa shape index (κ1) is 12.5. The van der Waals surface area contributed by atoms with E-state index in [0.717, 1.165) is 50.3 Å². The highest BCUT2D eigenvalue weighted by Gasteiger charge is 2.16. The number of amides is 1. The first-order chi connectivity index (χ1) is 9.31. The normalized spacial score (nSPS) is 23.2. The van der Waals surface area contributed by atoms with Gasteiger partial charge in [0.2, 0.25) is 5.91 Å². The van der Waals surface area contributed by atoms with Crippen molar-refractivity contribution >= 4 is 17.3 Å². The summed E-state index contributed by atoms with van der Waals surface area (Å²) in [5.74, 6) is 0.120. The van der Waals surface area contributed by atoms with E-state index < -0.39 is 0 Å². The summed E-state index contributed by atoms with van der Waals surface area (Å²) in [5.41, 5.74) is 3.35. The maximum atomic E-state index is 11.3. The number of rotatable bonds is 2. The van der Waals surface area contributed by atoms with Gasteiger partial charge in [-0.3, -0.25) is 4.79 Å². The molecule has 1 fully saturated rings. The number of hydrogen-bond donors (Lipinski definition) is 2. The molecule has 0 spiro atoms. The van der Waals surface area contributed by atoms with Crippen molar-refractivity contribution in [1.29, 1.82) is 0 Å². The van der Waals surface area contributed by atoms with Gasteiger partial charge in [-0.1, -0.05) is 0 Å². The Balaban J connectivity index is 1.69. The van der Waals surface area contributed by atoms with Crippen LogP contribution in [0.5, 0.6) is 0 Å². The van der Waals surface area contributed by atoms with Crippen LogP contribution in [0.3, 0.4) is 0 Å². The molecule has 2 N–H and O–H groups in total. The molecule has 1 amide bonds. The molecule has 2 aliphatic rings. The first-order valence-electron chi connectivity index (χ1n) is 7.08. The summed E-state index contributed by atoms with van der Waals surface area (Å²) in [6.07, 6.45) is 4.78. The average Bonchev–Trinajstić information content (AvgIpc) is 2.68. The minimum atomic E-state index is 0.120. The third kappa shape index (κ3) is 3.07. The summed E-state index contributed by atoms with van der Waals surface area (Å²) in [7, 11) is 0. The summed E-state index contributed by atoms with van der Waals surface area (Å²) in [6, 6.07) is 6.72. The molecule has 2 aliphatic heterocycles. The van der Waals surface area contributed by atoms with Gasteiger partial charge in [0.15, 0.2) is 0 Å². The van der Waals surface area contributed by atoms with Crippen molar-refractivity contribution in [2.75, 3.05) is 23.8 Å². The van der Waals surface area contributed by atoms with Crippen molar-refractivity contribution in [3.05, 3.63) is 23.8 Å². The molecule has 1 saturated heterocycles. The van der Waals surface area contributed by atoms with Crippen LogP contribution >= 0.6 is 0 Å². The molecule has 1 atom stereocenters. The number of ether oxygens (including phenoxy) is 1. The summed E-state index contributed by atoms with van der Waals surface area (Å²) >= 11 is 0. The molecule has 3 rings (SSSR count). The first-order valence-corrected chi connectivity index (χ1v) is 7.08. The molecular weight excluding hydrogens is 240 g/mol. The van der Waals surface area contributed by atoms with E-state index >= 15 is 0 Å². The maximum Gasteiger partial charge on any atom is 0.224 e. The number of carbonyl (C=O) groups is 1. The van der Waals surface area contributed by atoms with Gasteiger partial charge in [0.1, 0.15) is 0 Å². The number of nitrogens with one attached hydrogen (secondary N) is 2. The number of fused-ring (bicyclic) bond motifs is 1. The standard InChI is InChI=1S/C15H20N2O2/c18-15-6-3-11-10-13(4-5-14(11)17-15)16-12-2-1-8-19-9-7-12/h4-5,10,12,16H,1-3,6-9H2,(H,17,18). The lowest BCUT2D eigenvalue weighted by Crippen LogP contribution is -2.21. The monoisotopic (exact) mass is 260 g/mol. The van der Waals surface area contributed by atoms with E-state index in [-0.39, 0.29) is 5.91 Å². The summed E-state index contributed by atoms with van der Waals surface area (Å²) in [6.45, 7) is 1.73. The zero-order chi connectivity index (χ0) is 13.1. The minimum absolute atomic E-state index is 0.120. The Bertz CT molecular complexity index is 465. The fourth-order valence-electron chi connectivity index (χ4n) is 2.76. The Morgan fingerprint density at radius 2 is 2.16 bits per heavy atom. The third-order valence-electron chi connectivity index (χ3n) is 3.82. The topological polar surface area (TPSA) is 50.4 Å². The summed E-state index contributed by atoms with van der Waals surface area (Å²) in [4.78, 5) is 11.3. The molecule has 0 aliphatic carbocycles. The van der Waals surface area contributed by atoms with E-state index in [2.05, 4.69) is 22.8 Å². The van der Waals surface area contributed by atoms with E-state index in [9.17, 15) is 4.79 Å². The van der Waals surface area contributed by atoms with Crippen LogP contribution in [-0.2, 0) is 16.0 Å². The highest BCUT2D eigenvalue weighted by molar-refractivity contribution is 5.94. The summed E-state index contributed by atoms with van der Waals surface area (Å²) < 4.78 is 5.48. The Kier molecular flexibility index (Phi) is 3.69. The van der Waals surface area contributed by atoms with Gasteiger partial charge < -0.3 is 15.4 Å². The molecule has 0 bridgehead atoms. The van der Waals surface area contributed by atoms with Crippen molar-refractivity contribution in [2.24, 2.45) is 0 Å². The lowest BCUT2D eigenvalue weighted by Gasteiger charge is -2.21. The quantitative estimate of drug-likeness (QED) is 0.859. The van der Waals surface area contributed by atoms with E-state index in [0.29, 0.717) is 12.5 Å². The van der Waals surface area contributed by atoms with Crippen molar-refractivity contribution in [3.63, 3.8) is 0 Å². The largest absolute Gasteiger partial charge is 0.382 e. The Labute approximate surface area is 113 Å². The van der Waals surface area contributed by atoms with Gasteiger partial charge in [-0.25, -0.2) is 0 Å². The van der Waals surface area contributed by atoms with Crippen molar-refractivity contribution < 1.29 is 9.53 Å². The van der Waals surface area contributed by atoms with Crippen LogP contribution in [0, 0.1) is 0 Å². The predicted octanol–water partition coefficient (Wildman–Crippen LogP) is 2.55. The molecule has 1 aromatic rings. The fourth-order valence-corrected chi connectivity index (χ4v) is 2.76. The van der Waals surface area contributed by atoms with Gasteiger partial charge in [-0.15, -0.1) is 0 Å². The Morgan fingerprint density at radius 3 is 3.11 bits per heavy atom. The van der Waals surface area contributed by atoms with Gasteiger partial charge in [0.05, 0.1) is 0 Å². The molecule has 1 aromatic carbocycles. The smallest absolute Gasteiger partial charge is 0.224 e. The fraction of sp³-hybridized carbons (Fsp3) is 0.533. The van der Waals surface area contributed by atoms with Gasteiger partial charge >= 0.3 is 0 Å². The Hall–Kier alpha value is -1.55. The highest BCUT2D eigenvalue weighted by Crippen LogP contribution is 2.26. The molecule has 102 valence electrons. The minimum Gasteiger partial charge on any atom is -0.382 e. The van der Waals surface area contributed by atoms with Crippen LogP contribution in [0.2, 0.25) is 0 Å². The van der Waals surface area contributed by atoms with Crippen molar-refractivity contribution in [1.82, 2.24) is 0 Å². The van der Waals surface area contributed by atoms with E-state index in [1.165, 1.54) is 5.56 Å².